The maximum absolute atomic E-state index is 12.5. The first-order chi connectivity index (χ1) is 14.9. The molecule has 0 spiro atoms. The Morgan fingerprint density at radius 3 is 2.26 bits per heavy atom. The number of hydrogen-bond acceptors (Lipinski definition) is 4. The Labute approximate surface area is 187 Å². The SMILES string of the molecule is O=C(CCN1C(=O)c2ccc(Br)cc2C1=O)Nc1ccccc1NC(=O)N1CCCC1. The van der Waals surface area contributed by atoms with Gasteiger partial charge < -0.3 is 15.5 Å². The van der Waals surface area contributed by atoms with Crippen LogP contribution < -0.4 is 10.6 Å². The van der Waals surface area contributed by atoms with Crippen LogP contribution in [0.1, 0.15) is 40.0 Å². The number of amides is 5. The zero-order chi connectivity index (χ0) is 22.0. The number of anilines is 2. The second-order valence-electron chi connectivity index (χ2n) is 7.42. The van der Waals surface area contributed by atoms with E-state index in [-0.39, 0.29) is 24.9 Å². The molecule has 1 saturated heterocycles. The molecular formula is C22H21BrN4O4. The number of rotatable bonds is 5. The summed E-state index contributed by atoms with van der Waals surface area (Å²) in [6, 6.07) is 11.6. The quantitative estimate of drug-likeness (QED) is 0.631. The van der Waals surface area contributed by atoms with Crippen LogP contribution in [0.15, 0.2) is 46.9 Å². The van der Waals surface area contributed by atoms with Crippen molar-refractivity contribution in [1.29, 1.82) is 0 Å². The smallest absolute Gasteiger partial charge is 0.321 e. The van der Waals surface area contributed by atoms with Crippen molar-refractivity contribution in [1.82, 2.24) is 9.80 Å². The normalized spacial score (nSPS) is 15.3. The van der Waals surface area contributed by atoms with Crippen molar-refractivity contribution in [3.63, 3.8) is 0 Å². The second-order valence-corrected chi connectivity index (χ2v) is 8.34. The molecule has 9 heteroatoms. The van der Waals surface area contributed by atoms with E-state index < -0.39 is 11.8 Å². The standard InChI is InChI=1S/C22H21BrN4O4/c23-14-7-8-15-16(13-14)21(30)27(20(15)29)12-9-19(28)24-17-5-1-2-6-18(17)25-22(31)26-10-3-4-11-26/h1-2,5-8,13H,3-4,9-12H2,(H,24,28)(H,25,31). The van der Waals surface area contributed by atoms with E-state index in [1.165, 1.54) is 0 Å². The molecule has 8 nitrogen and oxygen atoms in total. The van der Waals surface area contributed by atoms with Crippen LogP contribution >= 0.6 is 15.9 Å². The largest absolute Gasteiger partial charge is 0.325 e. The first-order valence-corrected chi connectivity index (χ1v) is 10.8. The molecule has 0 saturated carbocycles. The fourth-order valence-corrected chi connectivity index (χ4v) is 4.07. The van der Waals surface area contributed by atoms with Gasteiger partial charge >= 0.3 is 6.03 Å². The number of carbonyl (C=O) groups excluding carboxylic acids is 4. The molecule has 0 radical (unpaired) electrons. The molecule has 160 valence electrons. The van der Waals surface area contributed by atoms with Gasteiger partial charge in [0.05, 0.1) is 22.5 Å². The first-order valence-electron chi connectivity index (χ1n) is 10.0. The van der Waals surface area contributed by atoms with Crippen molar-refractivity contribution in [3.8, 4) is 0 Å². The first kappa shape index (κ1) is 21.0. The molecule has 2 N–H and O–H groups in total. The molecule has 2 aromatic rings. The fraction of sp³-hybridized carbons (Fsp3) is 0.273. The van der Waals surface area contributed by atoms with Gasteiger partial charge in [-0.25, -0.2) is 4.79 Å². The predicted octanol–water partition coefficient (Wildman–Crippen LogP) is 3.70. The van der Waals surface area contributed by atoms with Crippen molar-refractivity contribution >= 4 is 51.1 Å². The molecule has 0 atom stereocenters. The number of halogens is 1. The Morgan fingerprint density at radius 2 is 1.55 bits per heavy atom. The summed E-state index contributed by atoms with van der Waals surface area (Å²) < 4.78 is 0.708. The molecular weight excluding hydrogens is 464 g/mol. The van der Waals surface area contributed by atoms with E-state index in [1.807, 2.05) is 0 Å². The average molecular weight is 485 g/mol. The van der Waals surface area contributed by atoms with Gasteiger partial charge in [0.15, 0.2) is 0 Å². The minimum absolute atomic E-state index is 0.0297. The topological polar surface area (TPSA) is 98.8 Å². The summed E-state index contributed by atoms with van der Waals surface area (Å²) in [5, 5.41) is 5.60. The number of nitrogens with one attached hydrogen (secondary N) is 2. The molecule has 0 aliphatic carbocycles. The van der Waals surface area contributed by atoms with Crippen LogP contribution in [0.25, 0.3) is 0 Å². The summed E-state index contributed by atoms with van der Waals surface area (Å²) in [6.45, 7) is 1.41. The lowest BCUT2D eigenvalue weighted by atomic mass is 10.1. The summed E-state index contributed by atoms with van der Waals surface area (Å²) >= 11 is 3.30. The highest BCUT2D eigenvalue weighted by Crippen LogP contribution is 2.26. The van der Waals surface area contributed by atoms with E-state index >= 15 is 0 Å². The van der Waals surface area contributed by atoms with Crippen molar-refractivity contribution in [2.45, 2.75) is 19.3 Å². The van der Waals surface area contributed by atoms with Crippen LogP contribution in [-0.4, -0.2) is 53.2 Å². The van der Waals surface area contributed by atoms with Crippen LogP contribution in [-0.2, 0) is 4.79 Å². The number of fused-ring (bicyclic) bond motifs is 1. The van der Waals surface area contributed by atoms with E-state index in [1.54, 1.807) is 47.4 Å². The highest BCUT2D eigenvalue weighted by molar-refractivity contribution is 9.10. The van der Waals surface area contributed by atoms with Gasteiger partial charge in [-0.05, 0) is 43.2 Å². The van der Waals surface area contributed by atoms with Gasteiger partial charge in [-0.15, -0.1) is 0 Å². The molecule has 2 aromatic carbocycles. The van der Waals surface area contributed by atoms with Crippen LogP contribution in [0, 0.1) is 0 Å². The number of hydrogen-bond donors (Lipinski definition) is 2. The average Bonchev–Trinajstić information content (AvgIpc) is 3.36. The lowest BCUT2D eigenvalue weighted by Crippen LogP contribution is -2.33. The van der Waals surface area contributed by atoms with Gasteiger partial charge in [-0.2, -0.15) is 0 Å². The minimum Gasteiger partial charge on any atom is -0.325 e. The molecule has 5 amide bonds. The summed E-state index contributed by atoms with van der Waals surface area (Å²) in [4.78, 5) is 52.7. The lowest BCUT2D eigenvalue weighted by Gasteiger charge is -2.18. The van der Waals surface area contributed by atoms with Crippen LogP contribution in [0.4, 0.5) is 16.2 Å². The number of likely N-dealkylation sites (tertiary alicyclic amines) is 1. The van der Waals surface area contributed by atoms with Crippen LogP contribution in [0.2, 0.25) is 0 Å². The monoisotopic (exact) mass is 484 g/mol. The van der Waals surface area contributed by atoms with E-state index in [0.29, 0.717) is 27.0 Å². The van der Waals surface area contributed by atoms with Crippen molar-refractivity contribution in [2.75, 3.05) is 30.3 Å². The molecule has 2 aliphatic heterocycles. The molecule has 0 unspecified atom stereocenters. The van der Waals surface area contributed by atoms with E-state index in [2.05, 4.69) is 26.6 Å². The van der Waals surface area contributed by atoms with E-state index in [0.717, 1.165) is 30.8 Å². The number of para-hydroxylation sites is 2. The molecule has 4 rings (SSSR count). The highest BCUT2D eigenvalue weighted by atomic mass is 79.9. The number of nitrogens with zero attached hydrogens (tertiary/aromatic N) is 2. The highest BCUT2D eigenvalue weighted by Gasteiger charge is 2.35. The Kier molecular flexibility index (Phi) is 6.03. The van der Waals surface area contributed by atoms with Crippen molar-refractivity contribution in [2.24, 2.45) is 0 Å². The van der Waals surface area contributed by atoms with Gasteiger partial charge in [-0.1, -0.05) is 28.1 Å². The second kappa shape index (κ2) is 8.89. The third-order valence-electron chi connectivity index (χ3n) is 5.33. The molecule has 2 aliphatic rings. The van der Waals surface area contributed by atoms with E-state index in [9.17, 15) is 19.2 Å². The number of carbonyl (C=O) groups is 4. The summed E-state index contributed by atoms with van der Waals surface area (Å²) in [5.41, 5.74) is 1.63. The number of imide groups is 1. The summed E-state index contributed by atoms with van der Waals surface area (Å²) in [6.07, 6.45) is 1.92. The lowest BCUT2D eigenvalue weighted by molar-refractivity contribution is -0.116. The van der Waals surface area contributed by atoms with Crippen molar-refractivity contribution in [3.05, 3.63) is 58.1 Å². The fourth-order valence-electron chi connectivity index (χ4n) is 3.71. The Bertz CT molecular complexity index is 1070. The minimum atomic E-state index is -0.410. The van der Waals surface area contributed by atoms with Crippen molar-refractivity contribution < 1.29 is 19.2 Å². The summed E-state index contributed by atoms with van der Waals surface area (Å²) in [5.74, 6) is -1.17. The number of benzene rings is 2. The number of urea groups is 1. The third-order valence-corrected chi connectivity index (χ3v) is 5.82. The zero-order valence-corrected chi connectivity index (χ0v) is 18.3. The zero-order valence-electron chi connectivity index (χ0n) is 16.7. The molecule has 31 heavy (non-hydrogen) atoms. The van der Waals surface area contributed by atoms with E-state index in [4.69, 9.17) is 0 Å². The maximum Gasteiger partial charge on any atom is 0.321 e. The maximum atomic E-state index is 12.5. The Morgan fingerprint density at radius 1 is 0.903 bits per heavy atom. The van der Waals surface area contributed by atoms with Gasteiger partial charge in [0.1, 0.15) is 0 Å². The van der Waals surface area contributed by atoms with Gasteiger partial charge in [0.2, 0.25) is 5.91 Å². The molecule has 0 aromatic heterocycles. The van der Waals surface area contributed by atoms with Crippen LogP contribution in [0.5, 0.6) is 0 Å². The van der Waals surface area contributed by atoms with Gasteiger partial charge in [0.25, 0.3) is 11.8 Å². The molecule has 0 bridgehead atoms. The Hall–Kier alpha value is -3.20. The Balaban J connectivity index is 1.37. The molecule has 2 heterocycles. The molecule has 1 fully saturated rings. The van der Waals surface area contributed by atoms with Gasteiger partial charge in [-0.3, -0.25) is 19.3 Å². The summed E-state index contributed by atoms with van der Waals surface area (Å²) in [7, 11) is 0. The van der Waals surface area contributed by atoms with Crippen LogP contribution in [0.3, 0.4) is 0 Å². The third kappa shape index (κ3) is 4.46. The predicted molar refractivity (Wildman–Crippen MR) is 119 cm³/mol. The van der Waals surface area contributed by atoms with Gasteiger partial charge in [0, 0.05) is 30.5 Å².